The van der Waals surface area contributed by atoms with Crippen molar-refractivity contribution in [2.24, 2.45) is 0 Å². The highest BCUT2D eigenvalue weighted by Gasteiger charge is 2.23. The van der Waals surface area contributed by atoms with Gasteiger partial charge in [0.05, 0.1) is 0 Å². The van der Waals surface area contributed by atoms with Crippen molar-refractivity contribution in [3.63, 3.8) is 0 Å². The van der Waals surface area contributed by atoms with Crippen molar-refractivity contribution >= 4 is 24.0 Å². The molecule has 2 heterocycles. The van der Waals surface area contributed by atoms with E-state index in [-0.39, 0.29) is 5.91 Å². The molecule has 0 saturated carbocycles. The first-order chi connectivity index (χ1) is 12.0. The van der Waals surface area contributed by atoms with E-state index in [4.69, 9.17) is 0 Å². The van der Waals surface area contributed by atoms with Gasteiger partial charge in [0.15, 0.2) is 0 Å². The zero-order valence-corrected chi connectivity index (χ0v) is 14.4. The second kappa shape index (κ2) is 7.29. The van der Waals surface area contributed by atoms with Gasteiger partial charge in [0, 0.05) is 37.6 Å². The maximum absolute atomic E-state index is 12.7. The van der Waals surface area contributed by atoms with Crippen molar-refractivity contribution < 1.29 is 9.59 Å². The van der Waals surface area contributed by atoms with Crippen LogP contribution in [0.15, 0.2) is 30.3 Å². The van der Waals surface area contributed by atoms with E-state index in [1.54, 1.807) is 15.9 Å². The minimum absolute atomic E-state index is 0.136. The number of aryl methyl sites for hydroxylation is 2. The number of rotatable bonds is 4. The van der Waals surface area contributed by atoms with E-state index >= 15 is 0 Å². The Labute approximate surface area is 146 Å². The van der Waals surface area contributed by atoms with E-state index in [0.29, 0.717) is 37.8 Å². The van der Waals surface area contributed by atoms with E-state index < -0.39 is 0 Å². The molecular formula is C18H21N5O2. The van der Waals surface area contributed by atoms with Crippen LogP contribution in [0, 0.1) is 13.8 Å². The molecule has 1 aliphatic rings. The predicted octanol–water partition coefficient (Wildman–Crippen LogP) is 1.75. The fourth-order valence-electron chi connectivity index (χ4n) is 2.78. The van der Waals surface area contributed by atoms with Crippen LogP contribution in [0.1, 0.15) is 21.7 Å². The van der Waals surface area contributed by atoms with Crippen LogP contribution < -0.4 is 5.32 Å². The molecule has 2 aromatic rings. The molecular weight excluding hydrogens is 318 g/mol. The number of benzene rings is 1. The molecule has 0 aliphatic carbocycles. The van der Waals surface area contributed by atoms with Crippen molar-refractivity contribution in [2.75, 3.05) is 31.5 Å². The van der Waals surface area contributed by atoms with Crippen LogP contribution in [0.4, 0.5) is 11.6 Å². The Balaban J connectivity index is 1.77. The van der Waals surface area contributed by atoms with Crippen molar-refractivity contribution in [2.45, 2.75) is 13.8 Å². The monoisotopic (exact) mass is 339 g/mol. The second-order valence-electron chi connectivity index (χ2n) is 6.15. The molecule has 1 saturated heterocycles. The minimum atomic E-state index is -0.136. The maximum Gasteiger partial charge on any atom is 0.272 e. The fourth-order valence-corrected chi connectivity index (χ4v) is 2.78. The van der Waals surface area contributed by atoms with E-state index in [1.165, 1.54) is 0 Å². The van der Waals surface area contributed by atoms with Crippen LogP contribution in [-0.4, -0.2) is 58.3 Å². The Morgan fingerprint density at radius 1 is 1.12 bits per heavy atom. The molecule has 3 rings (SSSR count). The van der Waals surface area contributed by atoms with Crippen LogP contribution in [0.2, 0.25) is 0 Å². The van der Waals surface area contributed by atoms with E-state index in [1.807, 2.05) is 38.1 Å². The molecule has 7 heteroatoms. The minimum Gasteiger partial charge on any atom is -0.342 e. The first-order valence-electron chi connectivity index (χ1n) is 8.23. The van der Waals surface area contributed by atoms with Gasteiger partial charge in [-0.1, -0.05) is 12.1 Å². The molecule has 1 aromatic heterocycles. The average molecular weight is 339 g/mol. The molecule has 0 spiro atoms. The number of nitrogens with one attached hydrogen (secondary N) is 1. The molecule has 1 N–H and O–H groups in total. The third kappa shape index (κ3) is 4.12. The number of carbonyl (C=O) groups is 2. The third-order valence-electron chi connectivity index (χ3n) is 4.10. The molecule has 130 valence electrons. The summed E-state index contributed by atoms with van der Waals surface area (Å²) in [7, 11) is 0. The molecule has 1 aromatic carbocycles. The summed E-state index contributed by atoms with van der Waals surface area (Å²) in [5, 5.41) is 3.15. The van der Waals surface area contributed by atoms with Crippen LogP contribution in [0.5, 0.6) is 0 Å². The zero-order valence-electron chi connectivity index (χ0n) is 14.4. The normalized spacial score (nSPS) is 14.3. The number of anilines is 2. The van der Waals surface area contributed by atoms with E-state index in [0.717, 1.165) is 23.4 Å². The molecule has 0 bridgehead atoms. The number of aromatic nitrogens is 2. The van der Waals surface area contributed by atoms with Crippen LogP contribution in [0.3, 0.4) is 0 Å². The van der Waals surface area contributed by atoms with Crippen LogP contribution in [-0.2, 0) is 4.79 Å². The van der Waals surface area contributed by atoms with Gasteiger partial charge in [-0.3, -0.25) is 9.59 Å². The molecule has 7 nitrogen and oxygen atoms in total. The fraction of sp³-hybridized carbons (Fsp3) is 0.333. The van der Waals surface area contributed by atoms with Crippen LogP contribution in [0.25, 0.3) is 0 Å². The molecule has 0 atom stereocenters. The number of hydrogen-bond donors (Lipinski definition) is 1. The highest BCUT2D eigenvalue weighted by molar-refractivity contribution is 5.93. The Bertz CT molecular complexity index is 785. The lowest BCUT2D eigenvalue weighted by Gasteiger charge is -2.32. The molecule has 2 amide bonds. The first-order valence-corrected chi connectivity index (χ1v) is 8.23. The largest absolute Gasteiger partial charge is 0.342 e. The number of nitrogens with zero attached hydrogens (tertiary/aromatic N) is 4. The van der Waals surface area contributed by atoms with Crippen molar-refractivity contribution in [3.05, 3.63) is 47.3 Å². The maximum atomic E-state index is 12.7. The third-order valence-corrected chi connectivity index (χ3v) is 4.10. The number of hydrogen-bond acceptors (Lipinski definition) is 5. The van der Waals surface area contributed by atoms with Gasteiger partial charge in [-0.15, -0.1) is 0 Å². The summed E-state index contributed by atoms with van der Waals surface area (Å²) in [5.74, 6) is 0.267. The van der Waals surface area contributed by atoms with Crippen molar-refractivity contribution in [1.29, 1.82) is 0 Å². The van der Waals surface area contributed by atoms with Gasteiger partial charge < -0.3 is 15.1 Å². The topological polar surface area (TPSA) is 78.4 Å². The summed E-state index contributed by atoms with van der Waals surface area (Å²) < 4.78 is 0. The molecule has 25 heavy (non-hydrogen) atoms. The summed E-state index contributed by atoms with van der Waals surface area (Å²) in [6.45, 7) is 5.98. The lowest BCUT2D eigenvalue weighted by molar-refractivity contribution is -0.119. The Morgan fingerprint density at radius 3 is 2.56 bits per heavy atom. The van der Waals surface area contributed by atoms with Crippen LogP contribution >= 0.6 is 0 Å². The molecule has 0 radical (unpaired) electrons. The lowest BCUT2D eigenvalue weighted by Crippen LogP contribution is -2.48. The number of amides is 2. The van der Waals surface area contributed by atoms with E-state index in [2.05, 4.69) is 15.3 Å². The van der Waals surface area contributed by atoms with Gasteiger partial charge in [-0.25, -0.2) is 9.97 Å². The van der Waals surface area contributed by atoms with Gasteiger partial charge in [0.1, 0.15) is 5.69 Å². The standard InChI is InChI=1S/C18H21N5O2/c1-13-4-3-5-15(10-13)20-18-19-14(2)11-16(21-18)17(25)23-8-6-22(12-24)7-9-23/h3-5,10-12H,6-9H2,1-2H3,(H,19,20,21). The highest BCUT2D eigenvalue weighted by atomic mass is 16.2. The Kier molecular flexibility index (Phi) is 4.92. The van der Waals surface area contributed by atoms with Crippen molar-refractivity contribution in [3.8, 4) is 0 Å². The summed E-state index contributed by atoms with van der Waals surface area (Å²) in [4.78, 5) is 35.6. The molecule has 0 unspecified atom stereocenters. The van der Waals surface area contributed by atoms with Gasteiger partial charge in [-0.2, -0.15) is 0 Å². The van der Waals surface area contributed by atoms with Crippen molar-refractivity contribution in [1.82, 2.24) is 19.8 Å². The summed E-state index contributed by atoms with van der Waals surface area (Å²) >= 11 is 0. The quantitative estimate of drug-likeness (QED) is 0.859. The molecule has 1 aliphatic heterocycles. The number of carbonyl (C=O) groups excluding carboxylic acids is 2. The lowest BCUT2D eigenvalue weighted by atomic mass is 10.2. The van der Waals surface area contributed by atoms with E-state index in [9.17, 15) is 9.59 Å². The number of piperazine rings is 1. The average Bonchev–Trinajstić information content (AvgIpc) is 2.60. The van der Waals surface area contributed by atoms with Gasteiger partial charge >= 0.3 is 0 Å². The van der Waals surface area contributed by atoms with Gasteiger partial charge in [-0.05, 0) is 37.6 Å². The summed E-state index contributed by atoms with van der Waals surface area (Å²) in [5.41, 5.74) is 3.09. The molecule has 1 fully saturated rings. The summed E-state index contributed by atoms with van der Waals surface area (Å²) in [6.07, 6.45) is 0.820. The highest BCUT2D eigenvalue weighted by Crippen LogP contribution is 2.16. The first kappa shape index (κ1) is 16.9. The smallest absolute Gasteiger partial charge is 0.272 e. The Morgan fingerprint density at radius 2 is 1.88 bits per heavy atom. The van der Waals surface area contributed by atoms with Gasteiger partial charge in [0.2, 0.25) is 12.4 Å². The Hall–Kier alpha value is -2.96. The van der Waals surface area contributed by atoms with Gasteiger partial charge in [0.25, 0.3) is 5.91 Å². The summed E-state index contributed by atoms with van der Waals surface area (Å²) in [6, 6.07) is 9.57. The predicted molar refractivity (Wildman–Crippen MR) is 94.8 cm³/mol. The zero-order chi connectivity index (χ0) is 17.8. The second-order valence-corrected chi connectivity index (χ2v) is 6.15. The SMILES string of the molecule is Cc1cccc(Nc2nc(C)cc(C(=O)N3CCN(C=O)CC3)n2)c1.